The number of nitrogens with zero attached hydrogens (tertiary/aromatic N) is 2. The third-order valence-electron chi connectivity index (χ3n) is 5.43. The van der Waals surface area contributed by atoms with E-state index in [-0.39, 0.29) is 29.8 Å². The molecule has 2 heterocycles. The molecule has 0 unspecified atom stereocenters. The van der Waals surface area contributed by atoms with E-state index in [1.54, 1.807) is 6.92 Å². The van der Waals surface area contributed by atoms with Crippen LogP contribution in [0.1, 0.15) is 24.0 Å². The van der Waals surface area contributed by atoms with Crippen LogP contribution in [0.25, 0.3) is 10.2 Å². The van der Waals surface area contributed by atoms with E-state index in [2.05, 4.69) is 10.3 Å². The van der Waals surface area contributed by atoms with Gasteiger partial charge >= 0.3 is 0 Å². The Morgan fingerprint density at radius 3 is 2.57 bits per heavy atom. The summed E-state index contributed by atoms with van der Waals surface area (Å²) in [5.41, 5.74) is 2.31. The number of carbonyl (C=O) groups is 1. The van der Waals surface area contributed by atoms with Crippen molar-refractivity contribution in [3.63, 3.8) is 0 Å². The summed E-state index contributed by atoms with van der Waals surface area (Å²) < 4.78 is 41.5. The molecule has 2 aromatic carbocycles. The fraction of sp³-hybridized carbons (Fsp3) is 0.333. The van der Waals surface area contributed by atoms with Gasteiger partial charge in [0, 0.05) is 19.0 Å². The molecule has 0 atom stereocenters. The summed E-state index contributed by atoms with van der Waals surface area (Å²) in [7, 11) is -3.71. The molecule has 3 aromatic rings. The fourth-order valence-electron chi connectivity index (χ4n) is 3.75. The lowest BCUT2D eigenvalue weighted by molar-refractivity contribution is -0.120. The van der Waals surface area contributed by atoms with Crippen LogP contribution in [-0.4, -0.2) is 36.7 Å². The fourth-order valence-corrected chi connectivity index (χ4v) is 6.37. The smallest absolute Gasteiger partial charge is 0.243 e. The number of nitrogens with one attached hydrogen (secondary N) is 1. The zero-order valence-corrected chi connectivity index (χ0v) is 18.3. The highest BCUT2D eigenvalue weighted by molar-refractivity contribution is 7.89. The van der Waals surface area contributed by atoms with E-state index in [0.29, 0.717) is 23.5 Å². The largest absolute Gasteiger partial charge is 0.302 e. The van der Waals surface area contributed by atoms with Crippen LogP contribution in [0.2, 0.25) is 0 Å². The van der Waals surface area contributed by atoms with E-state index in [9.17, 15) is 17.6 Å². The maximum absolute atomic E-state index is 13.3. The second-order valence-electron chi connectivity index (χ2n) is 7.52. The maximum Gasteiger partial charge on any atom is 0.243 e. The van der Waals surface area contributed by atoms with Crippen LogP contribution >= 0.6 is 11.3 Å². The summed E-state index contributed by atoms with van der Waals surface area (Å²) in [6.45, 7) is 4.05. The molecule has 1 aliphatic rings. The summed E-state index contributed by atoms with van der Waals surface area (Å²) in [6.07, 6.45) is 0.852. The Hall–Kier alpha value is -2.36. The second kappa shape index (κ2) is 8.05. The van der Waals surface area contributed by atoms with Gasteiger partial charge in [-0.05, 0) is 62.1 Å². The Labute approximate surface area is 178 Å². The van der Waals surface area contributed by atoms with Gasteiger partial charge in [-0.2, -0.15) is 4.31 Å². The normalized spacial score (nSPS) is 16.1. The van der Waals surface area contributed by atoms with Gasteiger partial charge in [0.05, 0.1) is 15.1 Å². The molecule has 0 spiro atoms. The topological polar surface area (TPSA) is 79.4 Å². The van der Waals surface area contributed by atoms with Gasteiger partial charge in [0.2, 0.25) is 15.9 Å². The number of hydrogen-bond donors (Lipinski definition) is 1. The number of amides is 1. The molecule has 1 aromatic heterocycles. The number of sulfonamides is 1. The van der Waals surface area contributed by atoms with Gasteiger partial charge in [0.15, 0.2) is 5.13 Å². The zero-order valence-electron chi connectivity index (χ0n) is 16.7. The number of thiazole rings is 1. The van der Waals surface area contributed by atoms with Gasteiger partial charge < -0.3 is 5.32 Å². The number of anilines is 1. The van der Waals surface area contributed by atoms with Crippen molar-refractivity contribution in [2.45, 2.75) is 31.6 Å². The summed E-state index contributed by atoms with van der Waals surface area (Å²) in [4.78, 5) is 17.3. The molecule has 1 saturated heterocycles. The Morgan fingerprint density at radius 1 is 1.17 bits per heavy atom. The SMILES string of the molecule is Cc1cc(F)ccc1S(=O)(=O)N1CCC(C(=O)Nc2nc3c(C)cccc3s2)CC1. The lowest BCUT2D eigenvalue weighted by atomic mass is 9.97. The van der Waals surface area contributed by atoms with Crippen molar-refractivity contribution in [2.24, 2.45) is 5.92 Å². The van der Waals surface area contributed by atoms with Crippen molar-refractivity contribution >= 4 is 42.6 Å². The first kappa shape index (κ1) is 20.9. The van der Waals surface area contributed by atoms with Gasteiger partial charge in [0.1, 0.15) is 5.82 Å². The molecule has 158 valence electrons. The number of carbonyl (C=O) groups excluding carboxylic acids is 1. The number of rotatable bonds is 4. The predicted octanol–water partition coefficient (Wildman–Crippen LogP) is 4.09. The number of fused-ring (bicyclic) bond motifs is 1. The van der Waals surface area contributed by atoms with Crippen molar-refractivity contribution in [1.29, 1.82) is 0 Å². The van der Waals surface area contributed by atoms with E-state index < -0.39 is 15.8 Å². The number of hydrogen-bond acceptors (Lipinski definition) is 5. The van der Waals surface area contributed by atoms with Crippen molar-refractivity contribution in [3.8, 4) is 0 Å². The summed E-state index contributed by atoms with van der Waals surface area (Å²) in [5, 5.41) is 3.44. The first-order chi connectivity index (χ1) is 14.3. The molecule has 1 fully saturated rings. The van der Waals surface area contributed by atoms with Crippen molar-refractivity contribution in [3.05, 3.63) is 53.3 Å². The van der Waals surface area contributed by atoms with E-state index in [4.69, 9.17) is 0 Å². The first-order valence-electron chi connectivity index (χ1n) is 9.69. The van der Waals surface area contributed by atoms with Crippen LogP contribution in [0.3, 0.4) is 0 Å². The minimum atomic E-state index is -3.71. The number of para-hydroxylation sites is 1. The molecule has 1 amide bonds. The number of piperidine rings is 1. The Morgan fingerprint density at radius 2 is 1.90 bits per heavy atom. The van der Waals surface area contributed by atoms with Crippen LogP contribution in [-0.2, 0) is 14.8 Å². The van der Waals surface area contributed by atoms with Gasteiger partial charge in [-0.25, -0.2) is 17.8 Å². The monoisotopic (exact) mass is 447 g/mol. The molecule has 4 rings (SSSR count). The standard InChI is InChI=1S/C21H22FN3O3S2/c1-13-4-3-5-17-19(13)23-21(29-17)24-20(26)15-8-10-25(11-9-15)30(27,28)18-7-6-16(22)12-14(18)2/h3-7,12,15H,8-11H2,1-2H3,(H,23,24,26). The summed E-state index contributed by atoms with van der Waals surface area (Å²) >= 11 is 1.43. The summed E-state index contributed by atoms with van der Waals surface area (Å²) in [5.74, 6) is -0.882. The average Bonchev–Trinajstić information content (AvgIpc) is 3.11. The lowest BCUT2D eigenvalue weighted by Gasteiger charge is -2.30. The van der Waals surface area contributed by atoms with Crippen LogP contribution in [0.15, 0.2) is 41.3 Å². The molecule has 30 heavy (non-hydrogen) atoms. The minimum absolute atomic E-state index is 0.108. The number of benzene rings is 2. The molecule has 0 radical (unpaired) electrons. The number of aryl methyl sites for hydroxylation is 2. The summed E-state index contributed by atoms with van der Waals surface area (Å²) in [6, 6.07) is 9.57. The molecule has 6 nitrogen and oxygen atoms in total. The van der Waals surface area contributed by atoms with Crippen molar-refractivity contribution in [2.75, 3.05) is 18.4 Å². The third kappa shape index (κ3) is 3.97. The maximum atomic E-state index is 13.3. The Balaban J connectivity index is 1.42. The van der Waals surface area contributed by atoms with Crippen LogP contribution in [0, 0.1) is 25.6 Å². The second-order valence-corrected chi connectivity index (χ2v) is 10.5. The zero-order chi connectivity index (χ0) is 21.5. The van der Waals surface area contributed by atoms with Crippen molar-refractivity contribution < 1.29 is 17.6 Å². The minimum Gasteiger partial charge on any atom is -0.302 e. The quantitative estimate of drug-likeness (QED) is 0.653. The third-order valence-corrected chi connectivity index (χ3v) is 8.43. The van der Waals surface area contributed by atoms with E-state index >= 15 is 0 Å². The van der Waals surface area contributed by atoms with Crippen molar-refractivity contribution in [1.82, 2.24) is 9.29 Å². The molecule has 0 saturated carbocycles. The van der Waals surface area contributed by atoms with Gasteiger partial charge in [-0.3, -0.25) is 4.79 Å². The molecule has 9 heteroatoms. The molecule has 0 aliphatic carbocycles. The molecular formula is C21H22FN3O3S2. The van der Waals surface area contributed by atoms with Gasteiger partial charge in [-0.1, -0.05) is 23.5 Å². The predicted molar refractivity (Wildman–Crippen MR) is 116 cm³/mol. The molecular weight excluding hydrogens is 425 g/mol. The first-order valence-corrected chi connectivity index (χ1v) is 11.9. The van der Waals surface area contributed by atoms with Crippen LogP contribution in [0.5, 0.6) is 0 Å². The lowest BCUT2D eigenvalue weighted by Crippen LogP contribution is -2.41. The van der Waals surface area contributed by atoms with Crippen LogP contribution in [0.4, 0.5) is 9.52 Å². The molecule has 1 aliphatic heterocycles. The van der Waals surface area contributed by atoms with Gasteiger partial charge in [0.25, 0.3) is 0 Å². The van der Waals surface area contributed by atoms with E-state index in [1.807, 2.05) is 25.1 Å². The molecule has 0 bridgehead atoms. The highest BCUT2D eigenvalue weighted by Crippen LogP contribution is 2.30. The Kier molecular flexibility index (Phi) is 5.61. The number of aromatic nitrogens is 1. The van der Waals surface area contributed by atoms with Crippen LogP contribution < -0.4 is 5.32 Å². The average molecular weight is 448 g/mol. The van der Waals surface area contributed by atoms with E-state index in [1.165, 1.54) is 27.8 Å². The molecule has 1 N–H and O–H groups in total. The highest BCUT2D eigenvalue weighted by Gasteiger charge is 2.33. The van der Waals surface area contributed by atoms with Gasteiger partial charge in [-0.15, -0.1) is 0 Å². The number of halogens is 1. The Bertz CT molecular complexity index is 1220. The highest BCUT2D eigenvalue weighted by atomic mass is 32.2. The van der Waals surface area contributed by atoms with E-state index in [0.717, 1.165) is 21.8 Å².